The van der Waals surface area contributed by atoms with Crippen molar-refractivity contribution in [3.05, 3.63) is 72.3 Å². The van der Waals surface area contributed by atoms with Gasteiger partial charge >= 0.3 is 0 Å². The lowest BCUT2D eigenvalue weighted by Crippen LogP contribution is -2.14. The van der Waals surface area contributed by atoms with E-state index in [1.165, 1.54) is 5.56 Å². The zero-order valence-corrected chi connectivity index (χ0v) is 23.3. The topological polar surface area (TPSA) is 92.7 Å². The summed E-state index contributed by atoms with van der Waals surface area (Å²) < 4.78 is 34.4. The maximum Gasteiger partial charge on any atom is 0.153 e. The Morgan fingerprint density at radius 2 is 1.32 bits per heavy atom. The van der Waals surface area contributed by atoms with Crippen molar-refractivity contribution in [2.24, 2.45) is 0 Å². The van der Waals surface area contributed by atoms with Crippen LogP contribution >= 0.6 is 11.3 Å². The third-order valence-electron chi connectivity index (χ3n) is 5.78. The number of fused-ring (bicyclic) bond motifs is 1. The van der Waals surface area contributed by atoms with Gasteiger partial charge in [0.15, 0.2) is 5.75 Å². The summed E-state index contributed by atoms with van der Waals surface area (Å²) in [6.45, 7) is 5.72. The van der Waals surface area contributed by atoms with Crippen LogP contribution in [0.1, 0.15) is 5.56 Å². The quantitative estimate of drug-likeness (QED) is 0.116. The van der Waals surface area contributed by atoms with Crippen LogP contribution in [0.3, 0.4) is 0 Å². The normalized spacial score (nSPS) is 11.1. The Kier molecular flexibility index (Phi) is 11.8. The molecule has 3 aromatic carbocycles. The maximum absolute atomic E-state index is 10.1. The number of carbonyl (C=O) groups excluding carboxylic acids is 1. The number of aromatic hydroxyl groups is 1. The summed E-state index contributed by atoms with van der Waals surface area (Å²) >= 11 is 1.59. The van der Waals surface area contributed by atoms with Gasteiger partial charge in [0, 0.05) is 10.1 Å². The molecule has 0 saturated carbocycles. The van der Waals surface area contributed by atoms with Crippen molar-refractivity contribution in [3.63, 3.8) is 0 Å². The van der Waals surface area contributed by atoms with Crippen molar-refractivity contribution >= 4 is 27.7 Å². The number of aryl methyl sites for hydroxylation is 1. The van der Waals surface area contributed by atoms with E-state index in [2.05, 4.69) is 31.2 Å². The average Bonchev–Trinajstić information content (AvgIpc) is 3.31. The SMILES string of the molecule is Cc1ccc(-c2sc3cc(O)ccc3c2Oc2ccc(OCCOCCOCCOCCOCC=O)cc2)cc1. The first-order valence-electron chi connectivity index (χ1n) is 13.1. The molecule has 0 fully saturated rings. The summed E-state index contributed by atoms with van der Waals surface area (Å²) in [5.41, 5.74) is 2.26. The minimum atomic E-state index is 0.0941. The molecule has 1 N–H and O–H groups in total. The van der Waals surface area contributed by atoms with E-state index in [-0.39, 0.29) is 12.4 Å². The Morgan fingerprint density at radius 3 is 1.98 bits per heavy atom. The number of carbonyl (C=O) groups is 1. The Labute approximate surface area is 238 Å². The van der Waals surface area contributed by atoms with Crippen molar-refractivity contribution in [2.75, 3.05) is 59.5 Å². The molecule has 1 aromatic heterocycles. The van der Waals surface area contributed by atoms with Crippen molar-refractivity contribution < 1.29 is 38.3 Å². The first-order chi connectivity index (χ1) is 19.6. The number of benzene rings is 3. The molecule has 0 radical (unpaired) electrons. The van der Waals surface area contributed by atoms with E-state index in [0.29, 0.717) is 64.9 Å². The van der Waals surface area contributed by atoms with Crippen LogP contribution in [-0.4, -0.2) is 70.9 Å². The summed E-state index contributed by atoms with van der Waals surface area (Å²) in [4.78, 5) is 11.1. The van der Waals surface area contributed by atoms with Crippen molar-refractivity contribution in [1.82, 2.24) is 0 Å². The Bertz CT molecular complexity index is 1320. The van der Waals surface area contributed by atoms with Crippen LogP contribution in [-0.2, 0) is 23.7 Å². The number of thiophene rings is 1. The maximum atomic E-state index is 10.1. The predicted molar refractivity (Wildman–Crippen MR) is 155 cm³/mol. The summed E-state index contributed by atoms with van der Waals surface area (Å²) in [6.07, 6.45) is 0.712. The predicted octanol–water partition coefficient (Wildman–Crippen LogP) is 6.02. The number of hydrogen-bond donors (Lipinski definition) is 1. The highest BCUT2D eigenvalue weighted by Gasteiger charge is 2.17. The minimum Gasteiger partial charge on any atom is -0.508 e. The Balaban J connectivity index is 1.20. The molecule has 1 heterocycles. The molecule has 9 heteroatoms. The van der Waals surface area contributed by atoms with Crippen LogP contribution in [0.4, 0.5) is 0 Å². The lowest BCUT2D eigenvalue weighted by Gasteiger charge is -2.11. The molecule has 0 bridgehead atoms. The van der Waals surface area contributed by atoms with E-state index in [0.717, 1.165) is 32.0 Å². The summed E-state index contributed by atoms with van der Waals surface area (Å²) in [5.74, 6) is 2.41. The van der Waals surface area contributed by atoms with Gasteiger partial charge in [-0.2, -0.15) is 0 Å². The molecule has 0 aliphatic rings. The molecular formula is C31H34O8S. The summed E-state index contributed by atoms with van der Waals surface area (Å²) in [5, 5.41) is 10.9. The van der Waals surface area contributed by atoms with Gasteiger partial charge in [0.2, 0.25) is 0 Å². The highest BCUT2D eigenvalue weighted by molar-refractivity contribution is 7.22. The minimum absolute atomic E-state index is 0.0941. The lowest BCUT2D eigenvalue weighted by molar-refractivity contribution is -0.112. The molecule has 0 saturated heterocycles. The molecule has 0 aliphatic carbocycles. The van der Waals surface area contributed by atoms with Crippen LogP contribution in [0.2, 0.25) is 0 Å². The van der Waals surface area contributed by atoms with Gasteiger partial charge in [-0.05, 0) is 55.0 Å². The van der Waals surface area contributed by atoms with E-state index in [1.54, 1.807) is 23.5 Å². The zero-order chi connectivity index (χ0) is 28.0. The average molecular weight is 567 g/mol. The van der Waals surface area contributed by atoms with Gasteiger partial charge in [0.25, 0.3) is 0 Å². The number of hydrogen-bond acceptors (Lipinski definition) is 9. The third-order valence-corrected chi connectivity index (χ3v) is 6.97. The Hall–Kier alpha value is -3.47. The van der Waals surface area contributed by atoms with Crippen molar-refractivity contribution in [2.45, 2.75) is 6.92 Å². The van der Waals surface area contributed by atoms with E-state index < -0.39 is 0 Å². The molecule has 0 atom stereocenters. The van der Waals surface area contributed by atoms with E-state index in [9.17, 15) is 9.90 Å². The van der Waals surface area contributed by atoms with Gasteiger partial charge < -0.3 is 38.3 Å². The molecule has 0 aliphatic heterocycles. The second-order valence-corrected chi connectivity index (χ2v) is 9.86. The first kappa shape index (κ1) is 29.5. The number of aldehydes is 1. The third kappa shape index (κ3) is 9.04. The molecular weight excluding hydrogens is 532 g/mol. The highest BCUT2D eigenvalue weighted by Crippen LogP contribution is 2.47. The largest absolute Gasteiger partial charge is 0.508 e. The molecule has 4 aromatic rings. The molecule has 8 nitrogen and oxygen atoms in total. The van der Waals surface area contributed by atoms with Crippen LogP contribution in [0.25, 0.3) is 20.5 Å². The second kappa shape index (κ2) is 16.0. The molecule has 0 unspecified atom stereocenters. The fourth-order valence-corrected chi connectivity index (χ4v) is 4.96. The van der Waals surface area contributed by atoms with Gasteiger partial charge in [-0.3, -0.25) is 0 Å². The summed E-state index contributed by atoms with van der Waals surface area (Å²) in [7, 11) is 0. The van der Waals surface area contributed by atoms with Gasteiger partial charge in [-0.1, -0.05) is 29.8 Å². The molecule has 212 valence electrons. The molecule has 40 heavy (non-hydrogen) atoms. The number of ether oxygens (including phenoxy) is 6. The van der Waals surface area contributed by atoms with E-state index in [1.807, 2.05) is 30.3 Å². The fraction of sp³-hybridized carbons (Fsp3) is 0.323. The Morgan fingerprint density at radius 1 is 0.725 bits per heavy atom. The molecule has 4 rings (SSSR count). The number of rotatable bonds is 18. The molecule has 0 amide bonds. The first-order valence-corrected chi connectivity index (χ1v) is 13.9. The monoisotopic (exact) mass is 566 g/mol. The highest BCUT2D eigenvalue weighted by atomic mass is 32.1. The lowest BCUT2D eigenvalue weighted by atomic mass is 10.1. The van der Waals surface area contributed by atoms with Crippen LogP contribution in [0.5, 0.6) is 23.0 Å². The van der Waals surface area contributed by atoms with Gasteiger partial charge in [0.05, 0.1) is 51.1 Å². The zero-order valence-electron chi connectivity index (χ0n) is 22.5. The van der Waals surface area contributed by atoms with Crippen molar-refractivity contribution in [1.29, 1.82) is 0 Å². The number of phenols is 1. The fourth-order valence-electron chi connectivity index (χ4n) is 3.79. The van der Waals surface area contributed by atoms with Crippen LogP contribution < -0.4 is 9.47 Å². The smallest absolute Gasteiger partial charge is 0.153 e. The summed E-state index contributed by atoms with van der Waals surface area (Å²) in [6, 6.07) is 21.2. The number of phenolic OH excluding ortho intramolecular Hbond substituents is 1. The standard InChI is InChI=1S/C31H34O8S/c1-23-2-4-24(5-3-23)31-30(28-11-6-25(33)22-29(28)40-31)39-27-9-7-26(8-10-27)38-21-20-37-19-18-36-17-16-35-15-14-34-13-12-32/h2-12,22,33H,13-21H2,1H3. The van der Waals surface area contributed by atoms with Gasteiger partial charge in [0.1, 0.15) is 36.7 Å². The van der Waals surface area contributed by atoms with Gasteiger partial charge in [-0.15, -0.1) is 11.3 Å². The van der Waals surface area contributed by atoms with Crippen molar-refractivity contribution in [3.8, 4) is 33.4 Å². The van der Waals surface area contributed by atoms with Gasteiger partial charge in [-0.25, -0.2) is 0 Å². The molecule has 0 spiro atoms. The van der Waals surface area contributed by atoms with E-state index in [4.69, 9.17) is 28.4 Å². The van der Waals surface area contributed by atoms with E-state index >= 15 is 0 Å². The second-order valence-electron chi connectivity index (χ2n) is 8.81. The van der Waals surface area contributed by atoms with Crippen LogP contribution in [0.15, 0.2) is 66.7 Å². The van der Waals surface area contributed by atoms with Crippen LogP contribution in [0, 0.1) is 6.92 Å².